The van der Waals surface area contributed by atoms with E-state index in [1.807, 2.05) is 4.90 Å². The minimum Gasteiger partial charge on any atom is -0.343 e. The summed E-state index contributed by atoms with van der Waals surface area (Å²) >= 11 is 0. The van der Waals surface area contributed by atoms with Crippen molar-refractivity contribution in [2.24, 2.45) is 5.73 Å². The van der Waals surface area contributed by atoms with Crippen molar-refractivity contribution in [3.63, 3.8) is 0 Å². The number of nitrogens with two attached hydrogens (primary N) is 1. The first-order valence-electron chi connectivity index (χ1n) is 4.92. The normalized spacial score (nSPS) is 27.3. The van der Waals surface area contributed by atoms with E-state index in [4.69, 9.17) is 5.73 Å². The fourth-order valence-electron chi connectivity index (χ4n) is 1.79. The van der Waals surface area contributed by atoms with Crippen LogP contribution in [0.2, 0.25) is 0 Å². The Morgan fingerprint density at radius 2 is 1.85 bits per heavy atom. The van der Waals surface area contributed by atoms with Gasteiger partial charge in [-0.05, 0) is 12.8 Å². The molecule has 0 radical (unpaired) electrons. The molecule has 0 spiro atoms. The molecule has 1 saturated heterocycles. The van der Waals surface area contributed by atoms with Gasteiger partial charge in [0.25, 0.3) is 0 Å². The van der Waals surface area contributed by atoms with Crippen LogP contribution in [-0.4, -0.2) is 54.5 Å². The van der Waals surface area contributed by atoms with Crippen LogP contribution >= 0.6 is 0 Å². The molecule has 0 aromatic heterocycles. The summed E-state index contributed by atoms with van der Waals surface area (Å²) in [5.74, 6) is 0. The molecule has 1 aliphatic carbocycles. The Labute approximate surface area is 78.7 Å². The molecular formula is C9H17N3O. The average molecular weight is 183 g/mol. The molecule has 0 aromatic carbocycles. The maximum atomic E-state index is 10.4. The van der Waals surface area contributed by atoms with Gasteiger partial charge in [0.05, 0.1) is 0 Å². The van der Waals surface area contributed by atoms with E-state index in [-0.39, 0.29) is 5.54 Å². The zero-order valence-corrected chi connectivity index (χ0v) is 7.91. The van der Waals surface area contributed by atoms with Gasteiger partial charge in [-0.15, -0.1) is 0 Å². The number of nitrogens with zero attached hydrogens (tertiary/aromatic N) is 2. The Hall–Kier alpha value is -0.610. The smallest absolute Gasteiger partial charge is 0.209 e. The molecule has 1 saturated carbocycles. The first kappa shape index (κ1) is 8.97. The summed E-state index contributed by atoms with van der Waals surface area (Å²) in [6.07, 6.45) is 3.27. The van der Waals surface area contributed by atoms with Crippen molar-refractivity contribution in [1.82, 2.24) is 9.80 Å². The van der Waals surface area contributed by atoms with Crippen LogP contribution < -0.4 is 5.73 Å². The zero-order valence-electron chi connectivity index (χ0n) is 7.91. The van der Waals surface area contributed by atoms with Gasteiger partial charge in [0.2, 0.25) is 6.41 Å². The lowest BCUT2D eigenvalue weighted by Gasteiger charge is -2.33. The van der Waals surface area contributed by atoms with Crippen molar-refractivity contribution in [1.29, 1.82) is 0 Å². The van der Waals surface area contributed by atoms with Gasteiger partial charge in [0.1, 0.15) is 0 Å². The maximum absolute atomic E-state index is 10.4. The number of hydrogen-bond donors (Lipinski definition) is 1. The Balaban J connectivity index is 1.74. The van der Waals surface area contributed by atoms with Crippen LogP contribution in [0.1, 0.15) is 12.8 Å². The second kappa shape index (κ2) is 3.27. The number of piperazine rings is 1. The molecule has 4 heteroatoms. The van der Waals surface area contributed by atoms with Crippen molar-refractivity contribution in [2.75, 3.05) is 32.7 Å². The van der Waals surface area contributed by atoms with Gasteiger partial charge in [-0.1, -0.05) is 0 Å². The first-order valence-corrected chi connectivity index (χ1v) is 4.92. The highest BCUT2D eigenvalue weighted by atomic mass is 16.1. The number of hydrogen-bond acceptors (Lipinski definition) is 3. The summed E-state index contributed by atoms with van der Waals surface area (Å²) in [5.41, 5.74) is 6.13. The lowest BCUT2D eigenvalue weighted by Crippen LogP contribution is -2.50. The van der Waals surface area contributed by atoms with Gasteiger partial charge in [-0.2, -0.15) is 0 Å². The first-order chi connectivity index (χ1) is 6.22. The van der Waals surface area contributed by atoms with E-state index in [0.29, 0.717) is 0 Å². The number of rotatable bonds is 3. The second-order valence-electron chi connectivity index (χ2n) is 4.28. The van der Waals surface area contributed by atoms with E-state index < -0.39 is 0 Å². The van der Waals surface area contributed by atoms with Gasteiger partial charge >= 0.3 is 0 Å². The average Bonchev–Trinajstić information content (AvgIpc) is 2.85. The standard InChI is InChI=1S/C9H17N3O/c10-9(1-2-9)7-11-3-5-12(8-13)6-4-11/h8H,1-7,10H2. The lowest BCUT2D eigenvalue weighted by atomic mass is 10.2. The maximum Gasteiger partial charge on any atom is 0.209 e. The highest BCUT2D eigenvalue weighted by molar-refractivity contribution is 5.47. The summed E-state index contributed by atoms with van der Waals surface area (Å²) in [4.78, 5) is 14.6. The molecular weight excluding hydrogens is 166 g/mol. The number of carbonyl (C=O) groups is 1. The van der Waals surface area contributed by atoms with Crippen LogP contribution in [0.15, 0.2) is 0 Å². The van der Waals surface area contributed by atoms with Crippen molar-refractivity contribution in [3.8, 4) is 0 Å². The molecule has 0 atom stereocenters. The SMILES string of the molecule is NC1(CN2CCN(C=O)CC2)CC1. The summed E-state index contributed by atoms with van der Waals surface area (Å²) in [6.45, 7) is 4.70. The highest BCUT2D eigenvalue weighted by Gasteiger charge is 2.39. The molecule has 0 bridgehead atoms. The predicted molar refractivity (Wildman–Crippen MR) is 50.2 cm³/mol. The van der Waals surface area contributed by atoms with E-state index in [2.05, 4.69) is 4.90 Å². The third-order valence-electron chi connectivity index (χ3n) is 2.99. The van der Waals surface area contributed by atoms with Crippen molar-refractivity contribution in [3.05, 3.63) is 0 Å². The van der Waals surface area contributed by atoms with E-state index in [0.717, 1.165) is 39.1 Å². The molecule has 1 heterocycles. The van der Waals surface area contributed by atoms with Crippen LogP contribution in [-0.2, 0) is 4.79 Å². The Kier molecular flexibility index (Phi) is 2.26. The van der Waals surface area contributed by atoms with E-state index in [1.165, 1.54) is 12.8 Å². The predicted octanol–water partition coefficient (Wildman–Crippen LogP) is -0.748. The molecule has 13 heavy (non-hydrogen) atoms. The van der Waals surface area contributed by atoms with Crippen LogP contribution in [0.3, 0.4) is 0 Å². The third-order valence-corrected chi connectivity index (χ3v) is 2.99. The molecule has 4 nitrogen and oxygen atoms in total. The van der Waals surface area contributed by atoms with Gasteiger partial charge < -0.3 is 10.6 Å². The summed E-state index contributed by atoms with van der Waals surface area (Å²) in [7, 11) is 0. The fraction of sp³-hybridized carbons (Fsp3) is 0.889. The molecule has 1 amide bonds. The zero-order chi connectivity index (χ0) is 9.31. The molecule has 2 fully saturated rings. The van der Waals surface area contributed by atoms with Gasteiger partial charge in [0, 0.05) is 38.3 Å². The Bertz CT molecular complexity index is 195. The Morgan fingerprint density at radius 1 is 1.23 bits per heavy atom. The second-order valence-corrected chi connectivity index (χ2v) is 4.28. The van der Waals surface area contributed by atoms with Crippen LogP contribution in [0.25, 0.3) is 0 Å². The molecule has 2 N–H and O–H groups in total. The number of amides is 1. The summed E-state index contributed by atoms with van der Waals surface area (Å²) < 4.78 is 0. The van der Waals surface area contributed by atoms with Crippen LogP contribution in [0.5, 0.6) is 0 Å². The topological polar surface area (TPSA) is 49.6 Å². The minimum atomic E-state index is 0.114. The largest absolute Gasteiger partial charge is 0.343 e. The van der Waals surface area contributed by atoms with Crippen molar-refractivity contribution < 1.29 is 4.79 Å². The molecule has 74 valence electrons. The molecule has 0 aromatic rings. The van der Waals surface area contributed by atoms with Crippen molar-refractivity contribution >= 4 is 6.41 Å². The monoisotopic (exact) mass is 183 g/mol. The molecule has 2 rings (SSSR count). The van der Waals surface area contributed by atoms with E-state index in [9.17, 15) is 4.79 Å². The van der Waals surface area contributed by atoms with Crippen molar-refractivity contribution in [2.45, 2.75) is 18.4 Å². The lowest BCUT2D eigenvalue weighted by molar-refractivity contribution is -0.119. The van der Waals surface area contributed by atoms with Crippen LogP contribution in [0.4, 0.5) is 0 Å². The summed E-state index contributed by atoms with van der Waals surface area (Å²) in [5, 5.41) is 0. The van der Waals surface area contributed by atoms with Gasteiger partial charge in [-0.3, -0.25) is 9.69 Å². The highest BCUT2D eigenvalue weighted by Crippen LogP contribution is 2.32. The minimum absolute atomic E-state index is 0.114. The molecule has 0 unspecified atom stereocenters. The van der Waals surface area contributed by atoms with E-state index >= 15 is 0 Å². The number of carbonyl (C=O) groups excluding carboxylic acids is 1. The van der Waals surface area contributed by atoms with Crippen LogP contribution in [0, 0.1) is 0 Å². The van der Waals surface area contributed by atoms with E-state index in [1.54, 1.807) is 0 Å². The fourth-order valence-corrected chi connectivity index (χ4v) is 1.79. The third kappa shape index (κ3) is 2.19. The quantitative estimate of drug-likeness (QED) is 0.586. The van der Waals surface area contributed by atoms with Gasteiger partial charge in [-0.25, -0.2) is 0 Å². The van der Waals surface area contributed by atoms with Gasteiger partial charge in [0.15, 0.2) is 0 Å². The summed E-state index contributed by atoms with van der Waals surface area (Å²) in [6, 6.07) is 0. The molecule has 2 aliphatic rings. The molecule has 1 aliphatic heterocycles. The Morgan fingerprint density at radius 3 is 2.31 bits per heavy atom.